The van der Waals surface area contributed by atoms with Crippen LogP contribution in [0.1, 0.15) is 50.9 Å². The van der Waals surface area contributed by atoms with E-state index < -0.39 is 21.7 Å². The van der Waals surface area contributed by atoms with E-state index in [1.165, 1.54) is 59.8 Å². The molecule has 0 aliphatic carbocycles. The van der Waals surface area contributed by atoms with Crippen molar-refractivity contribution in [3.63, 3.8) is 0 Å². The zero-order chi connectivity index (χ0) is 23.6. The molecule has 4 rings (SSSR count). The molecule has 1 N–H and O–H groups in total. The van der Waals surface area contributed by atoms with Gasteiger partial charge in [0.2, 0.25) is 15.0 Å². The van der Waals surface area contributed by atoms with Gasteiger partial charge in [0.25, 0.3) is 5.91 Å². The first-order valence-electron chi connectivity index (χ1n) is 10.3. The number of hydrogen-bond donors (Lipinski definition) is 1. The first-order valence-corrected chi connectivity index (χ1v) is 12.5. The van der Waals surface area contributed by atoms with Crippen LogP contribution < -0.4 is 5.32 Å². The lowest BCUT2D eigenvalue weighted by Crippen LogP contribution is -2.39. The van der Waals surface area contributed by atoms with Crippen molar-refractivity contribution in [3.05, 3.63) is 69.9 Å². The van der Waals surface area contributed by atoms with Gasteiger partial charge >= 0.3 is 0 Å². The summed E-state index contributed by atoms with van der Waals surface area (Å²) in [5.41, 5.74) is 0.884. The molecule has 0 spiro atoms. The smallest absolute Gasteiger partial charge is 0.286 e. The van der Waals surface area contributed by atoms with Gasteiger partial charge in [-0.25, -0.2) is 12.8 Å². The Kier molecular flexibility index (Phi) is 6.63. The van der Waals surface area contributed by atoms with Gasteiger partial charge in [0.15, 0.2) is 5.78 Å². The van der Waals surface area contributed by atoms with Gasteiger partial charge in [-0.2, -0.15) is 4.31 Å². The monoisotopic (exact) mass is 488 g/mol. The summed E-state index contributed by atoms with van der Waals surface area (Å²) < 4.78 is 40.6. The molecule has 0 saturated carbocycles. The summed E-state index contributed by atoms with van der Waals surface area (Å²) in [5, 5.41) is 11.5. The van der Waals surface area contributed by atoms with Crippen LogP contribution in [0, 0.1) is 5.82 Å². The number of piperidine rings is 1. The molecule has 0 radical (unpaired) electrons. The summed E-state index contributed by atoms with van der Waals surface area (Å²) >= 11 is 1.12. The van der Waals surface area contributed by atoms with Crippen LogP contribution in [0.25, 0.3) is 0 Å². The second-order valence-electron chi connectivity index (χ2n) is 7.69. The second-order valence-corrected chi connectivity index (χ2v) is 10.6. The standard InChI is InChI=1S/C22H21FN4O4S2/c1-14(28)15-4-10-19(11-5-15)33(30,31)27-12-2-3-16(13-27)21-25-26-22(32-21)20(29)24-18-8-6-17(23)7-9-18/h4-11,16H,2-3,12-13H2,1H3,(H,24,29). The van der Waals surface area contributed by atoms with Crippen molar-refractivity contribution in [3.8, 4) is 0 Å². The van der Waals surface area contributed by atoms with E-state index in [1.807, 2.05) is 0 Å². The van der Waals surface area contributed by atoms with Crippen molar-refractivity contribution in [1.82, 2.24) is 14.5 Å². The molecule has 11 heteroatoms. The van der Waals surface area contributed by atoms with E-state index >= 15 is 0 Å². The molecule has 1 aromatic heterocycles. The minimum atomic E-state index is -3.73. The molecule has 1 saturated heterocycles. The quantitative estimate of drug-likeness (QED) is 0.530. The molecular weight excluding hydrogens is 467 g/mol. The Bertz CT molecular complexity index is 1270. The number of aromatic nitrogens is 2. The van der Waals surface area contributed by atoms with Gasteiger partial charge in [-0.1, -0.05) is 23.5 Å². The highest BCUT2D eigenvalue weighted by atomic mass is 32.2. The Morgan fingerprint density at radius 2 is 1.79 bits per heavy atom. The topological polar surface area (TPSA) is 109 Å². The summed E-state index contributed by atoms with van der Waals surface area (Å²) in [6.07, 6.45) is 1.37. The maximum Gasteiger partial charge on any atom is 0.286 e. The van der Waals surface area contributed by atoms with Gasteiger partial charge < -0.3 is 5.32 Å². The highest BCUT2D eigenvalue weighted by Crippen LogP contribution is 2.32. The predicted molar refractivity (Wildman–Crippen MR) is 121 cm³/mol. The van der Waals surface area contributed by atoms with Crippen molar-refractivity contribution in [2.24, 2.45) is 0 Å². The molecule has 1 atom stereocenters. The van der Waals surface area contributed by atoms with Crippen molar-refractivity contribution >= 4 is 38.7 Å². The fraction of sp³-hybridized carbons (Fsp3) is 0.273. The third-order valence-electron chi connectivity index (χ3n) is 5.37. The number of benzene rings is 2. The number of amides is 1. The number of rotatable bonds is 6. The summed E-state index contributed by atoms with van der Waals surface area (Å²) in [5.74, 6) is -1.18. The number of nitrogens with zero attached hydrogens (tertiary/aromatic N) is 3. The van der Waals surface area contributed by atoms with Gasteiger partial charge in [-0.15, -0.1) is 10.2 Å². The Balaban J connectivity index is 1.46. The summed E-state index contributed by atoms with van der Waals surface area (Å²) in [7, 11) is -3.73. The number of sulfonamides is 1. The summed E-state index contributed by atoms with van der Waals surface area (Å²) in [6, 6.07) is 11.3. The van der Waals surface area contributed by atoms with Crippen molar-refractivity contribution in [2.45, 2.75) is 30.6 Å². The minimum Gasteiger partial charge on any atom is -0.320 e. The molecule has 1 aliphatic rings. The van der Waals surface area contributed by atoms with Gasteiger partial charge in [-0.3, -0.25) is 9.59 Å². The van der Waals surface area contributed by atoms with E-state index in [-0.39, 0.29) is 28.1 Å². The molecule has 1 unspecified atom stereocenters. The lowest BCUT2D eigenvalue weighted by atomic mass is 10.0. The Labute approximate surface area is 194 Å². The number of anilines is 1. The van der Waals surface area contributed by atoms with Gasteiger partial charge in [0, 0.05) is 30.3 Å². The number of carbonyl (C=O) groups excluding carboxylic acids is 2. The molecule has 33 heavy (non-hydrogen) atoms. The normalized spacial score (nSPS) is 17.0. The Hall–Kier alpha value is -3.02. The molecule has 172 valence electrons. The maximum atomic E-state index is 13.1. The molecule has 8 nitrogen and oxygen atoms in total. The minimum absolute atomic E-state index is 0.129. The van der Waals surface area contributed by atoms with Crippen LogP contribution in [0.5, 0.6) is 0 Å². The number of Topliss-reactive ketones (excluding diaryl/α,β-unsaturated/α-hetero) is 1. The van der Waals surface area contributed by atoms with Crippen LogP contribution in [-0.2, 0) is 10.0 Å². The van der Waals surface area contributed by atoms with Crippen LogP contribution >= 0.6 is 11.3 Å². The van der Waals surface area contributed by atoms with Crippen LogP contribution in [0.15, 0.2) is 53.4 Å². The largest absolute Gasteiger partial charge is 0.320 e. The first-order chi connectivity index (χ1) is 15.7. The lowest BCUT2D eigenvalue weighted by Gasteiger charge is -2.30. The first kappa shape index (κ1) is 23.1. The van der Waals surface area contributed by atoms with Crippen molar-refractivity contribution in [1.29, 1.82) is 0 Å². The highest BCUT2D eigenvalue weighted by molar-refractivity contribution is 7.89. The third kappa shape index (κ3) is 5.15. The molecule has 1 amide bonds. The van der Waals surface area contributed by atoms with Crippen LogP contribution in [0.4, 0.5) is 10.1 Å². The van der Waals surface area contributed by atoms with E-state index in [9.17, 15) is 22.4 Å². The molecular formula is C22H21FN4O4S2. The average Bonchev–Trinajstić information content (AvgIpc) is 3.31. The van der Waals surface area contributed by atoms with Gasteiger partial charge in [0.1, 0.15) is 10.8 Å². The summed E-state index contributed by atoms with van der Waals surface area (Å²) in [4.78, 5) is 24.0. The molecule has 3 aromatic rings. The maximum absolute atomic E-state index is 13.1. The van der Waals surface area contributed by atoms with E-state index in [4.69, 9.17) is 0 Å². The van der Waals surface area contributed by atoms with Crippen LogP contribution in [0.3, 0.4) is 0 Å². The number of carbonyl (C=O) groups is 2. The van der Waals surface area contributed by atoms with E-state index in [2.05, 4.69) is 15.5 Å². The zero-order valence-electron chi connectivity index (χ0n) is 17.7. The van der Waals surface area contributed by atoms with Crippen LogP contribution in [-0.4, -0.2) is 47.7 Å². The lowest BCUT2D eigenvalue weighted by molar-refractivity contribution is 0.101. The number of halogens is 1. The fourth-order valence-corrected chi connectivity index (χ4v) is 5.97. The number of nitrogens with one attached hydrogen (secondary N) is 1. The molecule has 2 aromatic carbocycles. The molecule has 2 heterocycles. The number of ketones is 1. The predicted octanol–water partition coefficient (Wildman–Crippen LogP) is 3.70. The molecule has 0 bridgehead atoms. The van der Waals surface area contributed by atoms with E-state index in [0.717, 1.165) is 17.8 Å². The second kappa shape index (κ2) is 9.46. The Morgan fingerprint density at radius 1 is 1.09 bits per heavy atom. The molecule has 1 aliphatic heterocycles. The van der Waals surface area contributed by atoms with Gasteiger partial charge in [0.05, 0.1) is 4.90 Å². The average molecular weight is 489 g/mol. The van der Waals surface area contributed by atoms with Crippen molar-refractivity contribution in [2.75, 3.05) is 18.4 Å². The number of hydrogen-bond acceptors (Lipinski definition) is 7. The SMILES string of the molecule is CC(=O)c1ccc(S(=O)(=O)N2CCCC(c3nnc(C(=O)Nc4ccc(F)cc4)s3)C2)cc1. The van der Waals surface area contributed by atoms with E-state index in [1.54, 1.807) is 0 Å². The highest BCUT2D eigenvalue weighted by Gasteiger charge is 2.33. The van der Waals surface area contributed by atoms with E-state index in [0.29, 0.717) is 29.2 Å². The Morgan fingerprint density at radius 3 is 2.45 bits per heavy atom. The summed E-state index contributed by atoms with van der Waals surface area (Å²) in [6.45, 7) is 2.03. The zero-order valence-corrected chi connectivity index (χ0v) is 19.3. The molecule has 1 fully saturated rings. The fourth-order valence-electron chi connectivity index (χ4n) is 3.58. The van der Waals surface area contributed by atoms with Gasteiger partial charge in [-0.05, 0) is 56.2 Å². The van der Waals surface area contributed by atoms with Crippen LogP contribution in [0.2, 0.25) is 0 Å². The van der Waals surface area contributed by atoms with Crippen molar-refractivity contribution < 1.29 is 22.4 Å². The third-order valence-corrected chi connectivity index (χ3v) is 8.33.